The number of rotatable bonds is 6. The van der Waals surface area contributed by atoms with Crippen molar-refractivity contribution in [3.8, 4) is 16.9 Å². The van der Waals surface area contributed by atoms with Crippen molar-refractivity contribution in [2.45, 2.75) is 31.2 Å². The highest BCUT2D eigenvalue weighted by Crippen LogP contribution is 2.24. The minimum atomic E-state index is -3.40. The molecule has 0 radical (unpaired) electrons. The average Bonchev–Trinajstić information content (AvgIpc) is 3.02. The number of sulfonamides is 1. The highest BCUT2D eigenvalue weighted by atomic mass is 32.2. The number of hydrogen-bond acceptors (Lipinski definition) is 5. The fourth-order valence-corrected chi connectivity index (χ4v) is 3.47. The molecule has 3 rings (SSSR count). The molecule has 2 heterocycles. The zero-order valence-corrected chi connectivity index (χ0v) is 15.4. The zero-order chi connectivity index (χ0) is 18.7. The summed E-state index contributed by atoms with van der Waals surface area (Å²) in [4.78, 5) is 3.64. The first-order chi connectivity index (χ1) is 12.3. The summed E-state index contributed by atoms with van der Waals surface area (Å²) >= 11 is 0. The lowest BCUT2D eigenvalue weighted by Crippen LogP contribution is -2.47. The van der Waals surface area contributed by atoms with E-state index in [9.17, 15) is 12.8 Å². The van der Waals surface area contributed by atoms with Gasteiger partial charge in [0, 0.05) is 11.8 Å². The van der Waals surface area contributed by atoms with Gasteiger partial charge in [0.15, 0.2) is 0 Å². The third kappa shape index (κ3) is 4.38. The summed E-state index contributed by atoms with van der Waals surface area (Å²) in [5.74, 6) is 0.0814. The Morgan fingerprint density at radius 3 is 2.46 bits per heavy atom. The summed E-state index contributed by atoms with van der Waals surface area (Å²) in [6, 6.07) is 9.78. The van der Waals surface area contributed by atoms with Crippen molar-refractivity contribution < 1.29 is 22.3 Å². The van der Waals surface area contributed by atoms with Crippen molar-refractivity contribution in [2.75, 3.05) is 13.2 Å². The lowest BCUT2D eigenvalue weighted by Gasteiger charge is -2.21. The lowest BCUT2D eigenvalue weighted by atomic mass is 10.1. The Labute approximate surface area is 152 Å². The molecule has 0 amide bonds. The normalized spacial score (nSPS) is 20.5. The molecule has 26 heavy (non-hydrogen) atoms. The molecule has 0 saturated carbocycles. The van der Waals surface area contributed by atoms with E-state index in [1.807, 2.05) is 12.1 Å². The van der Waals surface area contributed by atoms with Crippen LogP contribution in [0.25, 0.3) is 11.1 Å². The first-order valence-electron chi connectivity index (χ1n) is 8.33. The Balaban J connectivity index is 1.67. The van der Waals surface area contributed by atoms with E-state index in [1.165, 1.54) is 12.3 Å². The van der Waals surface area contributed by atoms with Gasteiger partial charge in [0.05, 0.1) is 24.5 Å². The minimum Gasteiger partial charge on any atom is -0.486 e. The first kappa shape index (κ1) is 18.8. The molecule has 1 aromatic heterocycles. The van der Waals surface area contributed by atoms with Crippen molar-refractivity contribution in [2.24, 2.45) is 0 Å². The van der Waals surface area contributed by atoms with Crippen LogP contribution >= 0.6 is 0 Å². The highest BCUT2D eigenvalue weighted by Gasteiger charge is 2.34. The predicted octanol–water partition coefficient (Wildman–Crippen LogP) is 2.36. The van der Waals surface area contributed by atoms with Gasteiger partial charge in [0.1, 0.15) is 11.9 Å². The van der Waals surface area contributed by atoms with E-state index in [0.717, 1.165) is 11.1 Å². The van der Waals surface area contributed by atoms with E-state index in [2.05, 4.69) is 9.71 Å². The molecule has 0 unspecified atom stereocenters. The summed E-state index contributed by atoms with van der Waals surface area (Å²) in [6.45, 7) is 3.83. The molecule has 1 aromatic carbocycles. The van der Waals surface area contributed by atoms with E-state index in [0.29, 0.717) is 12.4 Å². The van der Waals surface area contributed by atoms with Crippen LogP contribution in [0.5, 0.6) is 5.75 Å². The van der Waals surface area contributed by atoms with Crippen molar-refractivity contribution in [1.82, 2.24) is 9.71 Å². The number of halogens is 1. The Morgan fingerprint density at radius 2 is 1.85 bits per heavy atom. The Bertz CT molecular complexity index is 838. The fourth-order valence-electron chi connectivity index (χ4n) is 2.56. The van der Waals surface area contributed by atoms with E-state index in [4.69, 9.17) is 9.47 Å². The van der Waals surface area contributed by atoms with E-state index >= 15 is 0 Å². The van der Waals surface area contributed by atoms with Gasteiger partial charge in [-0.15, -0.1) is 0 Å². The molecule has 1 aliphatic heterocycles. The molecule has 0 aliphatic carbocycles. The third-order valence-electron chi connectivity index (χ3n) is 4.17. The van der Waals surface area contributed by atoms with Gasteiger partial charge < -0.3 is 9.47 Å². The predicted molar refractivity (Wildman–Crippen MR) is 95.8 cm³/mol. The van der Waals surface area contributed by atoms with Gasteiger partial charge in [-0.25, -0.2) is 18.1 Å². The molecule has 1 fully saturated rings. The molecule has 1 saturated heterocycles. The summed E-state index contributed by atoms with van der Waals surface area (Å²) in [5.41, 5.74) is 1.68. The van der Waals surface area contributed by atoms with Gasteiger partial charge in [0.2, 0.25) is 16.0 Å². The number of ether oxygens (including phenoxy) is 2. The standard InChI is InChI=1S/C18H21FN2O4S/c1-12(2)26(22,23)21-16-10-24-11-17(16)25-15-6-3-13(4-7-15)14-5-8-18(19)20-9-14/h3-9,12,16-17,21H,10-11H2,1-2H3/t16-,17+/m0/s1. The maximum atomic E-state index is 12.9. The van der Waals surface area contributed by atoms with Crippen molar-refractivity contribution >= 4 is 10.0 Å². The van der Waals surface area contributed by atoms with Gasteiger partial charge in [0.25, 0.3) is 0 Å². The van der Waals surface area contributed by atoms with Crippen LogP contribution in [0.2, 0.25) is 0 Å². The third-order valence-corrected chi connectivity index (χ3v) is 6.04. The average molecular weight is 380 g/mol. The van der Waals surface area contributed by atoms with E-state index in [1.54, 1.807) is 32.0 Å². The second-order valence-corrected chi connectivity index (χ2v) is 8.67. The van der Waals surface area contributed by atoms with Crippen LogP contribution in [0.3, 0.4) is 0 Å². The summed E-state index contributed by atoms with van der Waals surface area (Å²) in [7, 11) is -3.40. The van der Waals surface area contributed by atoms with Crippen LogP contribution in [-0.2, 0) is 14.8 Å². The first-order valence-corrected chi connectivity index (χ1v) is 9.87. The monoisotopic (exact) mass is 380 g/mol. The number of nitrogens with one attached hydrogen (secondary N) is 1. The van der Waals surface area contributed by atoms with Crippen LogP contribution in [0.4, 0.5) is 4.39 Å². The molecule has 2 atom stereocenters. The van der Waals surface area contributed by atoms with Crippen molar-refractivity contribution in [3.05, 3.63) is 48.5 Å². The van der Waals surface area contributed by atoms with Gasteiger partial charge in [-0.05, 0) is 43.7 Å². The quantitative estimate of drug-likeness (QED) is 0.779. The van der Waals surface area contributed by atoms with Crippen LogP contribution in [0.15, 0.2) is 42.6 Å². The summed E-state index contributed by atoms with van der Waals surface area (Å²) in [6.07, 6.45) is 1.06. The molecular weight excluding hydrogens is 359 g/mol. The highest BCUT2D eigenvalue weighted by molar-refractivity contribution is 7.90. The largest absolute Gasteiger partial charge is 0.486 e. The Hall–Kier alpha value is -2.03. The van der Waals surface area contributed by atoms with Crippen LogP contribution in [0, 0.1) is 5.95 Å². The molecular formula is C18H21FN2O4S. The van der Waals surface area contributed by atoms with Crippen molar-refractivity contribution in [1.29, 1.82) is 0 Å². The topological polar surface area (TPSA) is 77.5 Å². The number of benzene rings is 1. The number of aromatic nitrogens is 1. The van der Waals surface area contributed by atoms with Gasteiger partial charge >= 0.3 is 0 Å². The molecule has 6 nitrogen and oxygen atoms in total. The fraction of sp³-hybridized carbons (Fsp3) is 0.389. The van der Waals surface area contributed by atoms with Gasteiger partial charge in [-0.3, -0.25) is 0 Å². The molecule has 0 spiro atoms. The molecule has 140 valence electrons. The SMILES string of the molecule is CC(C)S(=O)(=O)N[C@H]1COC[C@H]1Oc1ccc(-c2ccc(F)nc2)cc1. The number of hydrogen-bond donors (Lipinski definition) is 1. The van der Waals surface area contributed by atoms with Crippen LogP contribution < -0.4 is 9.46 Å². The number of nitrogens with zero attached hydrogens (tertiary/aromatic N) is 1. The number of pyridine rings is 1. The van der Waals surface area contributed by atoms with Crippen LogP contribution in [0.1, 0.15) is 13.8 Å². The maximum absolute atomic E-state index is 12.9. The summed E-state index contributed by atoms with van der Waals surface area (Å²) in [5, 5.41) is -0.521. The van der Waals surface area contributed by atoms with Gasteiger partial charge in [-0.2, -0.15) is 4.39 Å². The smallest absolute Gasteiger partial charge is 0.214 e. The molecule has 1 aliphatic rings. The summed E-state index contributed by atoms with van der Waals surface area (Å²) < 4.78 is 50.9. The van der Waals surface area contributed by atoms with Crippen molar-refractivity contribution in [3.63, 3.8) is 0 Å². The lowest BCUT2D eigenvalue weighted by molar-refractivity contribution is 0.140. The zero-order valence-electron chi connectivity index (χ0n) is 14.6. The minimum absolute atomic E-state index is 0.274. The van der Waals surface area contributed by atoms with E-state index < -0.39 is 33.4 Å². The van der Waals surface area contributed by atoms with Crippen LogP contribution in [-0.4, -0.2) is 44.0 Å². The maximum Gasteiger partial charge on any atom is 0.214 e. The molecule has 8 heteroatoms. The second-order valence-electron chi connectivity index (χ2n) is 6.41. The second kappa shape index (κ2) is 7.69. The Morgan fingerprint density at radius 1 is 1.15 bits per heavy atom. The Kier molecular flexibility index (Phi) is 5.55. The molecule has 0 bridgehead atoms. The van der Waals surface area contributed by atoms with Gasteiger partial charge in [-0.1, -0.05) is 12.1 Å². The molecule has 2 aromatic rings. The molecule has 1 N–H and O–H groups in total. The van der Waals surface area contributed by atoms with E-state index in [-0.39, 0.29) is 6.61 Å².